The summed E-state index contributed by atoms with van der Waals surface area (Å²) in [7, 11) is 0. The molecule has 0 atom stereocenters. The molecule has 0 aliphatic rings. The summed E-state index contributed by atoms with van der Waals surface area (Å²) in [6, 6.07) is 0. The zero-order chi connectivity index (χ0) is 13.4. The van der Waals surface area contributed by atoms with Crippen molar-refractivity contribution in [2.45, 2.75) is 30.4 Å². The van der Waals surface area contributed by atoms with Gasteiger partial charge in [-0.05, 0) is 6.08 Å². The third-order valence-electron chi connectivity index (χ3n) is 1.57. The van der Waals surface area contributed by atoms with Gasteiger partial charge in [0.05, 0.1) is 6.42 Å². The maximum absolute atomic E-state index is 12.4. The maximum Gasteiger partial charge on any atom is 0.459 e. The maximum atomic E-state index is 12.4. The van der Waals surface area contributed by atoms with Gasteiger partial charge in [0.2, 0.25) is 0 Å². The Morgan fingerprint density at radius 2 is 1.19 bits per heavy atom. The van der Waals surface area contributed by atoms with Crippen molar-refractivity contribution in [3.05, 3.63) is 12.7 Å². The molecule has 0 saturated carbocycles. The van der Waals surface area contributed by atoms with Crippen LogP contribution in [-0.2, 0) is 0 Å². The standard InChI is InChI=1S/C7H5F9/c1-2-4(8,9)3-5(10,11)6(12,13)7(14,15)16/h2H,1,3H2. The van der Waals surface area contributed by atoms with E-state index in [0.29, 0.717) is 0 Å². The van der Waals surface area contributed by atoms with Crippen LogP contribution in [0.1, 0.15) is 6.42 Å². The Labute approximate surface area is 83.7 Å². The fourth-order valence-corrected chi connectivity index (χ4v) is 0.687. The van der Waals surface area contributed by atoms with Crippen molar-refractivity contribution in [1.29, 1.82) is 0 Å². The molecule has 0 aromatic rings. The van der Waals surface area contributed by atoms with Crippen molar-refractivity contribution in [3.63, 3.8) is 0 Å². The van der Waals surface area contributed by atoms with Crippen LogP contribution in [0.3, 0.4) is 0 Å². The number of allylic oxidation sites excluding steroid dienone is 1. The van der Waals surface area contributed by atoms with E-state index in [9.17, 15) is 39.5 Å². The fourth-order valence-electron chi connectivity index (χ4n) is 0.687. The van der Waals surface area contributed by atoms with Gasteiger partial charge in [-0.1, -0.05) is 6.58 Å². The summed E-state index contributed by atoms with van der Waals surface area (Å²) in [6.07, 6.45) is -9.99. The molecule has 0 bridgehead atoms. The van der Waals surface area contributed by atoms with Crippen LogP contribution in [0, 0.1) is 0 Å². The smallest absolute Gasteiger partial charge is 0.202 e. The predicted octanol–water partition coefficient (Wildman–Crippen LogP) is 4.03. The van der Waals surface area contributed by atoms with Crippen molar-refractivity contribution in [1.82, 2.24) is 0 Å². The van der Waals surface area contributed by atoms with Gasteiger partial charge >= 0.3 is 18.0 Å². The molecule has 0 nitrogen and oxygen atoms in total. The van der Waals surface area contributed by atoms with Crippen LogP contribution >= 0.6 is 0 Å². The highest BCUT2D eigenvalue weighted by Crippen LogP contribution is 2.50. The lowest BCUT2D eigenvalue weighted by molar-refractivity contribution is -0.361. The zero-order valence-corrected chi connectivity index (χ0v) is 7.39. The highest BCUT2D eigenvalue weighted by Gasteiger charge is 2.74. The Hall–Kier alpha value is -0.890. The second-order valence-electron chi connectivity index (χ2n) is 2.92. The molecule has 96 valence electrons. The van der Waals surface area contributed by atoms with E-state index in [0.717, 1.165) is 0 Å². The summed E-state index contributed by atoms with van der Waals surface area (Å²) >= 11 is 0. The minimum absolute atomic E-state index is 0.423. The summed E-state index contributed by atoms with van der Waals surface area (Å²) in [5.74, 6) is -17.0. The molecule has 0 radical (unpaired) electrons. The molecule has 0 aromatic heterocycles. The normalized spacial score (nSPS) is 15.1. The average Bonchev–Trinajstić information content (AvgIpc) is 2.00. The van der Waals surface area contributed by atoms with E-state index in [-0.39, 0.29) is 0 Å². The lowest BCUT2D eigenvalue weighted by Gasteiger charge is -2.29. The molecule has 0 N–H and O–H groups in total. The summed E-state index contributed by atoms with van der Waals surface area (Å²) in [5.41, 5.74) is 0. The van der Waals surface area contributed by atoms with E-state index < -0.39 is 36.4 Å². The monoisotopic (exact) mass is 260 g/mol. The van der Waals surface area contributed by atoms with Crippen LogP contribution in [-0.4, -0.2) is 23.9 Å². The fraction of sp³-hybridized carbons (Fsp3) is 0.714. The van der Waals surface area contributed by atoms with Crippen molar-refractivity contribution >= 4 is 0 Å². The topological polar surface area (TPSA) is 0 Å². The van der Waals surface area contributed by atoms with Crippen LogP contribution < -0.4 is 0 Å². The van der Waals surface area contributed by atoms with Gasteiger partial charge in [-0.3, -0.25) is 0 Å². The van der Waals surface area contributed by atoms with Crippen molar-refractivity contribution in [3.8, 4) is 0 Å². The van der Waals surface area contributed by atoms with Gasteiger partial charge in [0.15, 0.2) is 0 Å². The van der Waals surface area contributed by atoms with Gasteiger partial charge in [-0.25, -0.2) is 8.78 Å². The summed E-state index contributed by atoms with van der Waals surface area (Å²) in [6.45, 7) is 2.35. The van der Waals surface area contributed by atoms with Crippen molar-refractivity contribution in [2.75, 3.05) is 0 Å². The van der Waals surface area contributed by atoms with Crippen molar-refractivity contribution < 1.29 is 39.5 Å². The summed E-state index contributed by atoms with van der Waals surface area (Å²) in [4.78, 5) is 0. The van der Waals surface area contributed by atoms with Gasteiger partial charge < -0.3 is 0 Å². The van der Waals surface area contributed by atoms with E-state index in [1.807, 2.05) is 0 Å². The van der Waals surface area contributed by atoms with E-state index in [2.05, 4.69) is 6.58 Å². The molecule has 0 fully saturated rings. The average molecular weight is 260 g/mol. The van der Waals surface area contributed by atoms with Crippen LogP contribution in [0.25, 0.3) is 0 Å². The highest BCUT2D eigenvalue weighted by atomic mass is 19.4. The van der Waals surface area contributed by atoms with E-state index in [1.165, 1.54) is 0 Å². The molecule has 0 heterocycles. The molecule has 0 unspecified atom stereocenters. The molecular weight excluding hydrogens is 255 g/mol. The van der Waals surface area contributed by atoms with Gasteiger partial charge in [0.25, 0.3) is 5.92 Å². The minimum Gasteiger partial charge on any atom is -0.202 e. The number of halogens is 9. The molecule has 0 spiro atoms. The molecule has 0 saturated heterocycles. The molecule has 0 aromatic carbocycles. The Bertz CT molecular complexity index is 262. The second kappa shape index (κ2) is 3.85. The number of hydrogen-bond acceptors (Lipinski definition) is 0. The quantitative estimate of drug-likeness (QED) is 0.528. The van der Waals surface area contributed by atoms with Gasteiger partial charge in [0.1, 0.15) is 0 Å². The number of alkyl halides is 9. The Morgan fingerprint density at radius 1 is 0.812 bits per heavy atom. The Kier molecular flexibility index (Phi) is 3.63. The molecule has 0 aliphatic carbocycles. The van der Waals surface area contributed by atoms with Crippen LogP contribution in [0.2, 0.25) is 0 Å². The van der Waals surface area contributed by atoms with Crippen LogP contribution in [0.15, 0.2) is 12.7 Å². The van der Waals surface area contributed by atoms with Crippen LogP contribution in [0.5, 0.6) is 0 Å². The molecule has 9 heteroatoms. The molecule has 16 heavy (non-hydrogen) atoms. The van der Waals surface area contributed by atoms with E-state index >= 15 is 0 Å². The Balaban J connectivity index is 5.14. The molecule has 0 aliphatic heterocycles. The first-order chi connectivity index (χ1) is 6.77. The largest absolute Gasteiger partial charge is 0.459 e. The van der Waals surface area contributed by atoms with Gasteiger partial charge in [-0.2, -0.15) is 30.7 Å². The zero-order valence-electron chi connectivity index (χ0n) is 7.39. The SMILES string of the molecule is C=CC(F)(F)CC(F)(F)C(F)(F)C(F)(F)F. The first-order valence-corrected chi connectivity index (χ1v) is 3.60. The number of rotatable bonds is 4. The lowest BCUT2D eigenvalue weighted by Crippen LogP contribution is -2.53. The van der Waals surface area contributed by atoms with Gasteiger partial charge in [-0.15, -0.1) is 0 Å². The second-order valence-corrected chi connectivity index (χ2v) is 2.92. The third-order valence-corrected chi connectivity index (χ3v) is 1.57. The van der Waals surface area contributed by atoms with E-state index in [4.69, 9.17) is 0 Å². The number of hydrogen-bond donors (Lipinski definition) is 0. The minimum atomic E-state index is -6.60. The van der Waals surface area contributed by atoms with Gasteiger partial charge in [0, 0.05) is 0 Å². The first-order valence-electron chi connectivity index (χ1n) is 3.60. The molecular formula is C7H5F9. The highest BCUT2D eigenvalue weighted by molar-refractivity contribution is 4.99. The van der Waals surface area contributed by atoms with Crippen molar-refractivity contribution in [2.24, 2.45) is 0 Å². The summed E-state index contributed by atoms with van der Waals surface area (Å²) < 4.78 is 108. The first kappa shape index (κ1) is 15.1. The molecule has 0 amide bonds. The predicted molar refractivity (Wildman–Crippen MR) is 35.7 cm³/mol. The van der Waals surface area contributed by atoms with Crippen LogP contribution in [0.4, 0.5) is 39.5 Å². The third kappa shape index (κ3) is 2.82. The summed E-state index contributed by atoms with van der Waals surface area (Å²) in [5, 5.41) is 0. The molecule has 0 rings (SSSR count). The Morgan fingerprint density at radius 3 is 1.44 bits per heavy atom. The lowest BCUT2D eigenvalue weighted by atomic mass is 10.0. The van der Waals surface area contributed by atoms with E-state index in [1.54, 1.807) is 0 Å².